The summed E-state index contributed by atoms with van der Waals surface area (Å²) in [6.07, 6.45) is 2.87. The number of nitro benzene ring substituents is 2. The molecule has 178 valence electrons. The zero-order chi connectivity index (χ0) is 24.9. The topological polar surface area (TPSA) is 168 Å². The third-order valence-corrected chi connectivity index (χ3v) is 5.28. The Bertz CT molecular complexity index is 1460. The second kappa shape index (κ2) is 9.91. The van der Waals surface area contributed by atoms with Crippen molar-refractivity contribution in [2.24, 2.45) is 0 Å². The number of hydrogen-bond acceptors (Lipinski definition) is 8. The second-order valence-electron chi connectivity index (χ2n) is 7.66. The van der Waals surface area contributed by atoms with Crippen LogP contribution in [-0.4, -0.2) is 41.6 Å². The zero-order valence-electron chi connectivity index (χ0n) is 18.2. The van der Waals surface area contributed by atoms with Crippen molar-refractivity contribution in [3.63, 3.8) is 0 Å². The molecule has 0 radical (unpaired) electrons. The number of nitrogens with zero attached hydrogens (tertiary/aromatic N) is 6. The van der Waals surface area contributed by atoms with Crippen LogP contribution in [0.1, 0.15) is 11.1 Å². The molecule has 35 heavy (non-hydrogen) atoms. The van der Waals surface area contributed by atoms with Crippen LogP contribution < -0.4 is 10.9 Å². The first-order valence-corrected chi connectivity index (χ1v) is 10.5. The monoisotopic (exact) mass is 477 g/mol. The Morgan fingerprint density at radius 2 is 1.54 bits per heavy atom. The lowest BCUT2D eigenvalue weighted by Crippen LogP contribution is -2.29. The zero-order valence-corrected chi connectivity index (χ0v) is 18.2. The summed E-state index contributed by atoms with van der Waals surface area (Å²) < 4.78 is 2.90. The van der Waals surface area contributed by atoms with Crippen molar-refractivity contribution in [1.82, 2.24) is 24.6 Å². The minimum Gasteiger partial charge on any atom is -0.354 e. The molecular formula is C22H19N7O6. The maximum absolute atomic E-state index is 12.8. The highest BCUT2D eigenvalue weighted by atomic mass is 16.6. The summed E-state index contributed by atoms with van der Waals surface area (Å²) >= 11 is 0. The number of carbonyl (C=O) groups excluding carboxylic acids is 1. The van der Waals surface area contributed by atoms with Crippen LogP contribution in [0.2, 0.25) is 0 Å². The van der Waals surface area contributed by atoms with Crippen LogP contribution in [0.4, 0.5) is 11.4 Å². The molecule has 0 bridgehead atoms. The van der Waals surface area contributed by atoms with Gasteiger partial charge in [-0.15, -0.1) is 0 Å². The number of non-ortho nitro benzene ring substituents is 2. The Morgan fingerprint density at radius 1 is 0.943 bits per heavy atom. The van der Waals surface area contributed by atoms with E-state index in [1.807, 2.05) is 0 Å². The highest BCUT2D eigenvalue weighted by molar-refractivity contribution is 5.78. The number of hydrogen-bond donors (Lipinski definition) is 1. The van der Waals surface area contributed by atoms with Gasteiger partial charge in [0.05, 0.1) is 35.6 Å². The van der Waals surface area contributed by atoms with Gasteiger partial charge in [0, 0.05) is 30.8 Å². The van der Waals surface area contributed by atoms with Gasteiger partial charge < -0.3 is 5.32 Å². The summed E-state index contributed by atoms with van der Waals surface area (Å²) in [6.45, 7) is 0.730. The lowest BCUT2D eigenvalue weighted by molar-refractivity contribution is -0.385. The minimum atomic E-state index is -0.503. The number of aromatic nitrogens is 4. The summed E-state index contributed by atoms with van der Waals surface area (Å²) in [4.78, 5) is 49.8. The van der Waals surface area contributed by atoms with E-state index in [0.29, 0.717) is 22.2 Å². The van der Waals surface area contributed by atoms with Gasteiger partial charge in [-0.25, -0.2) is 9.67 Å². The average Bonchev–Trinajstić information content (AvgIpc) is 3.25. The van der Waals surface area contributed by atoms with E-state index < -0.39 is 9.85 Å². The van der Waals surface area contributed by atoms with Crippen LogP contribution in [0.15, 0.2) is 65.8 Å². The molecule has 0 saturated heterocycles. The fourth-order valence-electron chi connectivity index (χ4n) is 3.48. The summed E-state index contributed by atoms with van der Waals surface area (Å²) in [7, 11) is 0. The number of fused-ring (bicyclic) bond motifs is 1. The Morgan fingerprint density at radius 3 is 2.14 bits per heavy atom. The molecule has 4 aromatic rings. The van der Waals surface area contributed by atoms with E-state index in [1.165, 1.54) is 58.2 Å². The van der Waals surface area contributed by atoms with E-state index in [9.17, 15) is 29.8 Å². The van der Waals surface area contributed by atoms with Gasteiger partial charge in [0.25, 0.3) is 16.9 Å². The molecule has 0 saturated carbocycles. The molecule has 0 aliphatic rings. The maximum atomic E-state index is 12.8. The fourth-order valence-corrected chi connectivity index (χ4v) is 3.48. The van der Waals surface area contributed by atoms with Crippen molar-refractivity contribution in [2.75, 3.05) is 6.54 Å². The van der Waals surface area contributed by atoms with Crippen molar-refractivity contribution in [1.29, 1.82) is 0 Å². The number of amides is 1. The molecule has 13 nitrogen and oxygen atoms in total. The van der Waals surface area contributed by atoms with Gasteiger partial charge in [0.1, 0.15) is 11.7 Å². The van der Waals surface area contributed by atoms with E-state index >= 15 is 0 Å². The van der Waals surface area contributed by atoms with Crippen LogP contribution >= 0.6 is 0 Å². The first kappa shape index (κ1) is 23.2. The molecule has 2 aromatic carbocycles. The molecule has 4 rings (SSSR count). The standard InChI is InChI=1S/C22H19N7O6/c30-20(11-15-1-5-17(6-2-15)28(32)33)23-9-10-27-21-19(12-25-27)22(31)26(14-24-21)13-16-3-7-18(8-4-16)29(34)35/h1-8,12,14H,9-11,13H2,(H,23,30). The third kappa shape index (κ3) is 5.35. The first-order chi connectivity index (χ1) is 16.8. The van der Waals surface area contributed by atoms with Gasteiger partial charge >= 0.3 is 0 Å². The summed E-state index contributed by atoms with van der Waals surface area (Å²) in [5.41, 5.74) is 1.35. The molecule has 2 heterocycles. The molecule has 0 unspecified atom stereocenters. The van der Waals surface area contributed by atoms with Crippen molar-refractivity contribution < 1.29 is 14.6 Å². The van der Waals surface area contributed by atoms with Crippen molar-refractivity contribution >= 4 is 28.3 Å². The van der Waals surface area contributed by atoms with Gasteiger partial charge in [-0.05, 0) is 11.1 Å². The van der Waals surface area contributed by atoms with E-state index in [1.54, 1.807) is 12.1 Å². The number of nitro groups is 2. The van der Waals surface area contributed by atoms with Crippen LogP contribution in [0.3, 0.4) is 0 Å². The molecule has 13 heteroatoms. The Hall–Kier alpha value is -4.94. The van der Waals surface area contributed by atoms with Crippen molar-refractivity contribution in [3.8, 4) is 0 Å². The van der Waals surface area contributed by atoms with Gasteiger partial charge in [-0.1, -0.05) is 24.3 Å². The highest BCUT2D eigenvalue weighted by Crippen LogP contribution is 2.14. The summed E-state index contributed by atoms with van der Waals surface area (Å²) in [5, 5.41) is 28.7. The molecule has 0 spiro atoms. The van der Waals surface area contributed by atoms with Crippen molar-refractivity contribution in [2.45, 2.75) is 19.5 Å². The van der Waals surface area contributed by atoms with Crippen LogP contribution in [0.5, 0.6) is 0 Å². The van der Waals surface area contributed by atoms with Gasteiger partial charge in [-0.2, -0.15) is 5.10 Å². The lowest BCUT2D eigenvalue weighted by atomic mass is 10.1. The molecule has 0 atom stereocenters. The van der Waals surface area contributed by atoms with Crippen molar-refractivity contribution in [3.05, 3.63) is 103 Å². The van der Waals surface area contributed by atoms with Gasteiger partial charge in [0.2, 0.25) is 5.91 Å². The second-order valence-corrected chi connectivity index (χ2v) is 7.66. The molecule has 1 N–H and O–H groups in total. The Balaban J connectivity index is 1.36. The predicted octanol–water partition coefficient (Wildman–Crippen LogP) is 1.82. The molecule has 0 aliphatic heterocycles. The molecular weight excluding hydrogens is 458 g/mol. The first-order valence-electron chi connectivity index (χ1n) is 10.5. The predicted molar refractivity (Wildman–Crippen MR) is 124 cm³/mol. The van der Waals surface area contributed by atoms with E-state index in [0.717, 1.165) is 0 Å². The molecule has 0 fully saturated rings. The number of carbonyl (C=O) groups is 1. The summed E-state index contributed by atoms with van der Waals surface area (Å²) in [5.74, 6) is -0.256. The van der Waals surface area contributed by atoms with E-state index in [-0.39, 0.29) is 48.9 Å². The van der Waals surface area contributed by atoms with Crippen LogP contribution in [-0.2, 0) is 24.3 Å². The molecule has 2 aromatic heterocycles. The van der Waals surface area contributed by atoms with Crippen LogP contribution in [0, 0.1) is 20.2 Å². The number of benzene rings is 2. The summed E-state index contributed by atoms with van der Waals surface area (Å²) in [6, 6.07) is 11.7. The lowest BCUT2D eigenvalue weighted by Gasteiger charge is -2.08. The van der Waals surface area contributed by atoms with Gasteiger partial charge in [-0.3, -0.25) is 34.4 Å². The van der Waals surface area contributed by atoms with Gasteiger partial charge in [0.15, 0.2) is 5.65 Å². The SMILES string of the molecule is O=C(Cc1ccc([N+](=O)[O-])cc1)NCCn1ncc2c(=O)n(Cc3ccc([N+](=O)[O-])cc3)cnc21. The molecule has 1 amide bonds. The largest absolute Gasteiger partial charge is 0.354 e. The average molecular weight is 477 g/mol. The van der Waals surface area contributed by atoms with E-state index in [2.05, 4.69) is 15.4 Å². The smallest absolute Gasteiger partial charge is 0.269 e. The number of nitrogens with one attached hydrogen (secondary N) is 1. The maximum Gasteiger partial charge on any atom is 0.269 e. The fraction of sp³-hybridized carbons (Fsp3) is 0.182. The normalized spacial score (nSPS) is 10.9. The highest BCUT2D eigenvalue weighted by Gasteiger charge is 2.12. The Labute approximate surface area is 196 Å². The number of rotatable bonds is 9. The quantitative estimate of drug-likeness (QED) is 0.281. The molecule has 0 aliphatic carbocycles. The minimum absolute atomic E-state index is 0.0317. The Kier molecular flexibility index (Phi) is 6.57. The van der Waals surface area contributed by atoms with E-state index in [4.69, 9.17) is 0 Å². The third-order valence-electron chi connectivity index (χ3n) is 5.28. The van der Waals surface area contributed by atoms with Crippen LogP contribution in [0.25, 0.3) is 11.0 Å².